The highest BCUT2D eigenvalue weighted by Gasteiger charge is 2.17. The molecule has 0 heterocycles. The van der Waals surface area contributed by atoms with Crippen LogP contribution >= 0.6 is 15.9 Å². The number of esters is 1. The molecule has 1 amide bonds. The van der Waals surface area contributed by atoms with Crippen LogP contribution in [-0.2, 0) is 9.53 Å². The molecule has 0 spiro atoms. The number of carbonyl (C=O) groups is 2. The van der Waals surface area contributed by atoms with Crippen molar-refractivity contribution in [2.75, 3.05) is 13.2 Å². The van der Waals surface area contributed by atoms with Crippen molar-refractivity contribution in [2.24, 2.45) is 0 Å². The second kappa shape index (κ2) is 7.94. The van der Waals surface area contributed by atoms with Gasteiger partial charge in [-0.3, -0.25) is 9.59 Å². The summed E-state index contributed by atoms with van der Waals surface area (Å²) in [5.41, 5.74) is -0.635. The second-order valence-electron chi connectivity index (χ2n) is 3.91. The number of hydrogen-bond acceptors (Lipinski definition) is 3. The molecule has 0 aliphatic carbocycles. The first kappa shape index (κ1) is 16.6. The maximum atomic E-state index is 13.5. The molecule has 0 fully saturated rings. The molecule has 0 saturated carbocycles. The van der Waals surface area contributed by atoms with Crippen molar-refractivity contribution >= 4 is 27.8 Å². The quantitative estimate of drug-likeness (QED) is 0.634. The molecule has 0 saturated heterocycles. The first-order chi connectivity index (χ1) is 9.45. The molecule has 0 unspecified atom stereocenters. The first-order valence-electron chi connectivity index (χ1n) is 6.04. The Labute approximate surface area is 123 Å². The third-order valence-electron chi connectivity index (χ3n) is 2.38. The zero-order valence-corrected chi connectivity index (χ0v) is 12.4. The normalized spacial score (nSPS) is 10.2. The summed E-state index contributed by atoms with van der Waals surface area (Å²) >= 11 is 2.93. The van der Waals surface area contributed by atoms with E-state index in [0.717, 1.165) is 12.1 Å². The molecule has 0 aliphatic rings. The fourth-order valence-corrected chi connectivity index (χ4v) is 1.92. The maximum Gasteiger partial charge on any atom is 0.305 e. The largest absolute Gasteiger partial charge is 0.466 e. The van der Waals surface area contributed by atoms with Crippen LogP contribution in [0.1, 0.15) is 30.1 Å². The van der Waals surface area contributed by atoms with E-state index in [1.165, 1.54) is 0 Å². The molecule has 1 aromatic carbocycles. The summed E-state index contributed by atoms with van der Waals surface area (Å²) in [6.45, 7) is 2.12. The van der Waals surface area contributed by atoms with Crippen LogP contribution in [0.3, 0.4) is 0 Å². The number of ether oxygens (including phenoxy) is 1. The lowest BCUT2D eigenvalue weighted by Gasteiger charge is -2.07. The second-order valence-corrected chi connectivity index (χ2v) is 4.82. The minimum Gasteiger partial charge on any atom is -0.466 e. The molecule has 110 valence electrons. The van der Waals surface area contributed by atoms with E-state index in [2.05, 4.69) is 21.2 Å². The first-order valence-corrected chi connectivity index (χ1v) is 6.83. The molecule has 1 aromatic rings. The number of carbonyl (C=O) groups excluding carboxylic acids is 2. The van der Waals surface area contributed by atoms with E-state index >= 15 is 0 Å². The Hall–Kier alpha value is -1.50. The van der Waals surface area contributed by atoms with Gasteiger partial charge in [-0.1, -0.05) is 15.9 Å². The van der Waals surface area contributed by atoms with Gasteiger partial charge in [0.15, 0.2) is 0 Å². The Morgan fingerprint density at radius 1 is 1.30 bits per heavy atom. The minimum absolute atomic E-state index is 0.132. The SMILES string of the molecule is CCOC(=O)CCCNC(=O)c1c(F)cc(Br)cc1F. The Morgan fingerprint density at radius 3 is 2.45 bits per heavy atom. The van der Waals surface area contributed by atoms with Crippen molar-refractivity contribution in [2.45, 2.75) is 19.8 Å². The smallest absolute Gasteiger partial charge is 0.305 e. The highest BCUT2D eigenvalue weighted by molar-refractivity contribution is 9.10. The third kappa shape index (κ3) is 4.88. The molecule has 0 bridgehead atoms. The van der Waals surface area contributed by atoms with Crippen LogP contribution in [0.15, 0.2) is 16.6 Å². The van der Waals surface area contributed by atoms with Crippen LogP contribution in [0.5, 0.6) is 0 Å². The van der Waals surface area contributed by atoms with Crippen LogP contribution in [-0.4, -0.2) is 25.0 Å². The Balaban J connectivity index is 2.50. The van der Waals surface area contributed by atoms with E-state index < -0.39 is 23.1 Å². The summed E-state index contributed by atoms with van der Waals surface area (Å²) in [7, 11) is 0. The lowest BCUT2D eigenvalue weighted by atomic mass is 10.2. The Morgan fingerprint density at radius 2 is 1.90 bits per heavy atom. The van der Waals surface area contributed by atoms with Crippen molar-refractivity contribution in [3.05, 3.63) is 33.8 Å². The number of rotatable bonds is 6. The molecule has 0 aliphatic heterocycles. The van der Waals surface area contributed by atoms with E-state index in [1.807, 2.05) is 0 Å². The van der Waals surface area contributed by atoms with Crippen LogP contribution in [0, 0.1) is 11.6 Å². The molecule has 0 aromatic heterocycles. The molecule has 20 heavy (non-hydrogen) atoms. The van der Waals surface area contributed by atoms with Crippen molar-refractivity contribution in [3.8, 4) is 0 Å². The van der Waals surface area contributed by atoms with E-state index in [0.29, 0.717) is 13.0 Å². The number of hydrogen-bond donors (Lipinski definition) is 1. The Kier molecular flexibility index (Phi) is 6.57. The highest BCUT2D eigenvalue weighted by Crippen LogP contribution is 2.19. The van der Waals surface area contributed by atoms with Gasteiger partial charge in [0.1, 0.15) is 17.2 Å². The molecule has 0 radical (unpaired) electrons. The zero-order valence-electron chi connectivity index (χ0n) is 10.8. The molecule has 1 rings (SSSR count). The predicted octanol–water partition coefficient (Wildman–Crippen LogP) is 2.80. The van der Waals surface area contributed by atoms with Gasteiger partial charge in [0.25, 0.3) is 5.91 Å². The average molecular weight is 350 g/mol. The van der Waals surface area contributed by atoms with Gasteiger partial charge in [-0.25, -0.2) is 8.78 Å². The van der Waals surface area contributed by atoms with Crippen molar-refractivity contribution in [1.29, 1.82) is 0 Å². The fraction of sp³-hybridized carbons (Fsp3) is 0.385. The van der Waals surface area contributed by atoms with Gasteiger partial charge in [-0.05, 0) is 25.5 Å². The standard InChI is InChI=1S/C13H14BrF2NO3/c1-2-20-11(18)4-3-5-17-13(19)12-9(15)6-8(14)7-10(12)16/h6-7H,2-5H2,1H3,(H,17,19). The molecule has 4 nitrogen and oxygen atoms in total. The lowest BCUT2D eigenvalue weighted by Crippen LogP contribution is -2.27. The van der Waals surface area contributed by atoms with Gasteiger partial charge in [-0.15, -0.1) is 0 Å². The van der Waals surface area contributed by atoms with Crippen molar-refractivity contribution < 1.29 is 23.1 Å². The average Bonchev–Trinajstić information content (AvgIpc) is 2.33. The van der Waals surface area contributed by atoms with Gasteiger partial charge >= 0.3 is 5.97 Å². The maximum absolute atomic E-state index is 13.5. The summed E-state index contributed by atoms with van der Waals surface area (Å²) in [6.07, 6.45) is 0.476. The van der Waals surface area contributed by atoms with Gasteiger partial charge in [0.05, 0.1) is 6.61 Å². The van der Waals surface area contributed by atoms with Gasteiger partial charge in [0.2, 0.25) is 0 Å². The molecule has 1 N–H and O–H groups in total. The van der Waals surface area contributed by atoms with Crippen LogP contribution in [0.25, 0.3) is 0 Å². The van der Waals surface area contributed by atoms with E-state index in [1.54, 1.807) is 6.92 Å². The van der Waals surface area contributed by atoms with Crippen LogP contribution in [0.2, 0.25) is 0 Å². The zero-order chi connectivity index (χ0) is 15.1. The van der Waals surface area contributed by atoms with Gasteiger partial charge < -0.3 is 10.1 Å². The fourth-order valence-electron chi connectivity index (χ4n) is 1.52. The van der Waals surface area contributed by atoms with Gasteiger partial charge in [-0.2, -0.15) is 0 Å². The van der Waals surface area contributed by atoms with Crippen LogP contribution in [0.4, 0.5) is 8.78 Å². The summed E-state index contributed by atoms with van der Waals surface area (Å²) < 4.78 is 31.9. The number of halogens is 3. The van der Waals surface area contributed by atoms with Crippen molar-refractivity contribution in [1.82, 2.24) is 5.32 Å². The van der Waals surface area contributed by atoms with E-state index in [9.17, 15) is 18.4 Å². The summed E-state index contributed by atoms with van der Waals surface area (Å²) in [5, 5.41) is 2.36. The topological polar surface area (TPSA) is 55.4 Å². The Bertz CT molecular complexity index is 485. The summed E-state index contributed by atoms with van der Waals surface area (Å²) in [5.74, 6) is -3.11. The summed E-state index contributed by atoms with van der Waals surface area (Å²) in [6, 6.07) is 2.02. The molecular weight excluding hydrogens is 336 g/mol. The third-order valence-corrected chi connectivity index (χ3v) is 2.84. The number of nitrogens with one attached hydrogen (secondary N) is 1. The number of amides is 1. The van der Waals surface area contributed by atoms with Gasteiger partial charge in [0, 0.05) is 17.4 Å². The predicted molar refractivity (Wildman–Crippen MR) is 72.3 cm³/mol. The van der Waals surface area contributed by atoms with E-state index in [4.69, 9.17) is 4.74 Å². The van der Waals surface area contributed by atoms with Crippen molar-refractivity contribution in [3.63, 3.8) is 0 Å². The minimum atomic E-state index is -0.945. The molecular formula is C13H14BrF2NO3. The van der Waals surface area contributed by atoms with E-state index in [-0.39, 0.29) is 23.4 Å². The molecule has 7 heteroatoms. The number of benzene rings is 1. The summed E-state index contributed by atoms with van der Waals surface area (Å²) in [4.78, 5) is 22.7. The molecule has 0 atom stereocenters. The monoisotopic (exact) mass is 349 g/mol. The van der Waals surface area contributed by atoms with Crippen LogP contribution < -0.4 is 5.32 Å². The lowest BCUT2D eigenvalue weighted by molar-refractivity contribution is -0.143. The highest BCUT2D eigenvalue weighted by atomic mass is 79.9.